The van der Waals surface area contributed by atoms with Crippen molar-refractivity contribution in [1.29, 1.82) is 0 Å². The van der Waals surface area contributed by atoms with E-state index in [-0.39, 0.29) is 17.6 Å². The van der Waals surface area contributed by atoms with Crippen molar-refractivity contribution in [3.8, 4) is 22.6 Å². The zero-order valence-electron chi connectivity index (χ0n) is 17.5. The van der Waals surface area contributed by atoms with E-state index >= 15 is 0 Å². The Hall–Kier alpha value is -3.13. The van der Waals surface area contributed by atoms with Crippen LogP contribution in [-0.2, 0) is 18.1 Å². The standard InChI is InChI=1S/C23H23F3N4O/c1-22(2,3)20-13-19(30(29-20)10-11-31)21-27-17-9-8-14(12-18(17)28-21)15-6-4-5-7-16(15)23(24,25)26/h4-9,12-13,31H,10-11H2,1-3H3,(H,27,28). The van der Waals surface area contributed by atoms with Gasteiger partial charge in [-0.25, -0.2) is 4.98 Å². The first-order valence-corrected chi connectivity index (χ1v) is 9.94. The number of benzene rings is 2. The molecular weight excluding hydrogens is 405 g/mol. The van der Waals surface area contributed by atoms with Gasteiger partial charge in [0.1, 0.15) is 5.69 Å². The quantitative estimate of drug-likeness (QED) is 0.457. The topological polar surface area (TPSA) is 66.7 Å². The van der Waals surface area contributed by atoms with Gasteiger partial charge in [0.05, 0.1) is 35.4 Å². The minimum absolute atomic E-state index is 0.0726. The highest BCUT2D eigenvalue weighted by Gasteiger charge is 2.33. The van der Waals surface area contributed by atoms with E-state index in [0.29, 0.717) is 34.7 Å². The molecule has 0 bridgehead atoms. The molecule has 5 nitrogen and oxygen atoms in total. The molecule has 2 heterocycles. The number of hydrogen-bond donors (Lipinski definition) is 2. The molecule has 0 saturated carbocycles. The van der Waals surface area contributed by atoms with Crippen molar-refractivity contribution in [3.63, 3.8) is 0 Å². The first-order valence-electron chi connectivity index (χ1n) is 9.94. The Balaban J connectivity index is 1.81. The van der Waals surface area contributed by atoms with Gasteiger partial charge in [-0.05, 0) is 35.4 Å². The average Bonchev–Trinajstić information content (AvgIpc) is 3.30. The SMILES string of the molecule is CC(C)(C)c1cc(-c2nc3cc(-c4ccccc4C(F)(F)F)ccc3[nH]2)n(CCO)n1. The average molecular weight is 428 g/mol. The van der Waals surface area contributed by atoms with E-state index in [2.05, 4.69) is 15.1 Å². The number of aliphatic hydroxyl groups excluding tert-OH is 1. The minimum atomic E-state index is -4.44. The summed E-state index contributed by atoms with van der Waals surface area (Å²) in [7, 11) is 0. The molecule has 0 radical (unpaired) electrons. The van der Waals surface area contributed by atoms with Crippen molar-refractivity contribution in [1.82, 2.24) is 19.7 Å². The van der Waals surface area contributed by atoms with E-state index in [1.165, 1.54) is 12.1 Å². The summed E-state index contributed by atoms with van der Waals surface area (Å²) >= 11 is 0. The molecule has 162 valence electrons. The molecular formula is C23H23F3N4O. The van der Waals surface area contributed by atoms with Crippen molar-refractivity contribution >= 4 is 11.0 Å². The van der Waals surface area contributed by atoms with Gasteiger partial charge < -0.3 is 10.1 Å². The third kappa shape index (κ3) is 4.07. The lowest BCUT2D eigenvalue weighted by atomic mass is 9.92. The Kier molecular flexibility index (Phi) is 5.13. The van der Waals surface area contributed by atoms with E-state index in [0.717, 1.165) is 11.8 Å². The third-order valence-corrected chi connectivity index (χ3v) is 5.13. The maximum atomic E-state index is 13.4. The molecule has 0 saturated heterocycles. The number of nitrogens with zero attached hydrogens (tertiary/aromatic N) is 3. The Bertz CT molecular complexity index is 1230. The number of halogens is 3. The molecule has 4 aromatic rings. The Morgan fingerprint density at radius 3 is 2.45 bits per heavy atom. The smallest absolute Gasteiger partial charge is 0.394 e. The predicted molar refractivity (Wildman–Crippen MR) is 114 cm³/mol. The van der Waals surface area contributed by atoms with Gasteiger partial charge in [-0.2, -0.15) is 18.3 Å². The summed E-state index contributed by atoms with van der Waals surface area (Å²) in [6, 6.07) is 12.5. The molecule has 0 aliphatic heterocycles. The second kappa shape index (κ2) is 7.53. The van der Waals surface area contributed by atoms with Gasteiger partial charge in [-0.15, -0.1) is 0 Å². The molecule has 8 heteroatoms. The fraction of sp³-hybridized carbons (Fsp3) is 0.304. The summed E-state index contributed by atoms with van der Waals surface area (Å²) in [6.45, 7) is 6.38. The van der Waals surface area contributed by atoms with Crippen LogP contribution in [0.1, 0.15) is 32.0 Å². The largest absolute Gasteiger partial charge is 0.417 e. The van der Waals surface area contributed by atoms with Gasteiger partial charge in [-0.3, -0.25) is 4.68 Å². The fourth-order valence-electron chi connectivity index (χ4n) is 3.52. The van der Waals surface area contributed by atoms with Gasteiger partial charge in [0, 0.05) is 5.41 Å². The zero-order valence-corrected chi connectivity index (χ0v) is 17.5. The second-order valence-electron chi connectivity index (χ2n) is 8.47. The van der Waals surface area contributed by atoms with Crippen LogP contribution >= 0.6 is 0 Å². The maximum absolute atomic E-state index is 13.4. The molecule has 0 aliphatic carbocycles. The lowest BCUT2D eigenvalue weighted by Crippen LogP contribution is -2.13. The maximum Gasteiger partial charge on any atom is 0.417 e. The van der Waals surface area contributed by atoms with Gasteiger partial charge >= 0.3 is 6.18 Å². The van der Waals surface area contributed by atoms with Crippen LogP contribution < -0.4 is 0 Å². The van der Waals surface area contributed by atoms with Crippen LogP contribution in [0.25, 0.3) is 33.7 Å². The highest BCUT2D eigenvalue weighted by Crippen LogP contribution is 2.38. The van der Waals surface area contributed by atoms with Crippen LogP contribution in [0.4, 0.5) is 13.2 Å². The van der Waals surface area contributed by atoms with Crippen molar-refractivity contribution in [2.45, 2.75) is 38.9 Å². The van der Waals surface area contributed by atoms with Gasteiger partial charge in [0.15, 0.2) is 5.82 Å². The number of aromatic amines is 1. The molecule has 31 heavy (non-hydrogen) atoms. The number of nitrogens with one attached hydrogen (secondary N) is 1. The van der Waals surface area contributed by atoms with Crippen molar-refractivity contribution in [3.05, 3.63) is 59.8 Å². The van der Waals surface area contributed by atoms with Crippen LogP contribution in [0.2, 0.25) is 0 Å². The number of fused-ring (bicyclic) bond motifs is 1. The van der Waals surface area contributed by atoms with Crippen molar-refractivity contribution in [2.75, 3.05) is 6.61 Å². The van der Waals surface area contributed by atoms with Gasteiger partial charge in [0.25, 0.3) is 0 Å². The number of hydrogen-bond acceptors (Lipinski definition) is 3. The lowest BCUT2D eigenvalue weighted by Gasteiger charge is -2.14. The van der Waals surface area contributed by atoms with Crippen molar-refractivity contribution in [2.24, 2.45) is 0 Å². The second-order valence-corrected chi connectivity index (χ2v) is 8.47. The van der Waals surface area contributed by atoms with Crippen LogP contribution in [0.3, 0.4) is 0 Å². The normalized spacial score (nSPS) is 12.6. The highest BCUT2D eigenvalue weighted by atomic mass is 19.4. The third-order valence-electron chi connectivity index (χ3n) is 5.13. The molecule has 0 atom stereocenters. The lowest BCUT2D eigenvalue weighted by molar-refractivity contribution is -0.137. The molecule has 0 spiro atoms. The molecule has 2 aromatic heterocycles. The van der Waals surface area contributed by atoms with Gasteiger partial charge in [-0.1, -0.05) is 45.0 Å². The van der Waals surface area contributed by atoms with Crippen LogP contribution in [0, 0.1) is 0 Å². The molecule has 0 fully saturated rings. The van der Waals surface area contributed by atoms with E-state index < -0.39 is 11.7 Å². The summed E-state index contributed by atoms with van der Waals surface area (Å²) < 4.78 is 42.0. The summed E-state index contributed by atoms with van der Waals surface area (Å²) in [5, 5.41) is 14.0. The van der Waals surface area contributed by atoms with Crippen LogP contribution in [-0.4, -0.2) is 31.5 Å². The summed E-state index contributed by atoms with van der Waals surface area (Å²) in [4.78, 5) is 7.84. The van der Waals surface area contributed by atoms with Crippen molar-refractivity contribution < 1.29 is 18.3 Å². The summed E-state index contributed by atoms with van der Waals surface area (Å²) in [5.41, 5.74) is 2.52. The number of H-pyrrole nitrogens is 1. The molecule has 0 amide bonds. The van der Waals surface area contributed by atoms with E-state index in [4.69, 9.17) is 0 Å². The molecule has 0 aliphatic rings. The number of aromatic nitrogens is 4. The highest BCUT2D eigenvalue weighted by molar-refractivity contribution is 5.85. The summed E-state index contributed by atoms with van der Waals surface area (Å²) in [6.07, 6.45) is -4.44. The zero-order chi connectivity index (χ0) is 22.4. The predicted octanol–water partition coefficient (Wildman–Crippen LogP) is 5.40. The Morgan fingerprint density at radius 1 is 1.03 bits per heavy atom. The molecule has 2 aromatic carbocycles. The minimum Gasteiger partial charge on any atom is -0.394 e. The summed E-state index contributed by atoms with van der Waals surface area (Å²) in [5.74, 6) is 0.549. The van der Waals surface area contributed by atoms with Crippen LogP contribution in [0.5, 0.6) is 0 Å². The molecule has 2 N–H and O–H groups in total. The Labute approximate surface area is 177 Å². The molecule has 0 unspecified atom stereocenters. The molecule has 4 rings (SSSR count). The number of aliphatic hydroxyl groups is 1. The fourth-order valence-corrected chi connectivity index (χ4v) is 3.52. The van der Waals surface area contributed by atoms with Gasteiger partial charge in [0.2, 0.25) is 0 Å². The first kappa shape index (κ1) is 21.1. The van der Waals surface area contributed by atoms with E-state index in [1.807, 2.05) is 26.8 Å². The number of imidazole rings is 1. The number of alkyl halides is 3. The van der Waals surface area contributed by atoms with Crippen LogP contribution in [0.15, 0.2) is 48.5 Å². The van der Waals surface area contributed by atoms with E-state index in [1.54, 1.807) is 28.9 Å². The Morgan fingerprint density at radius 2 is 1.77 bits per heavy atom. The monoisotopic (exact) mass is 428 g/mol. The number of rotatable bonds is 4. The van der Waals surface area contributed by atoms with E-state index in [9.17, 15) is 18.3 Å². The first-order chi connectivity index (χ1) is 14.6.